The molecule has 20 heavy (non-hydrogen) atoms. The molecule has 3 aromatic rings. The van der Waals surface area contributed by atoms with Crippen LogP contribution in [0.3, 0.4) is 0 Å². The first-order valence-electron chi connectivity index (χ1n) is 6.37. The molecule has 100 valence electrons. The van der Waals surface area contributed by atoms with Gasteiger partial charge in [-0.05, 0) is 36.8 Å². The average Bonchev–Trinajstić information content (AvgIpc) is 2.48. The molecule has 0 spiro atoms. The lowest BCUT2D eigenvalue weighted by atomic mass is 10.0. The number of ether oxygens (including phenoxy) is 1. The minimum atomic E-state index is 0.0991. The summed E-state index contributed by atoms with van der Waals surface area (Å²) in [6, 6.07) is 15.4. The van der Waals surface area contributed by atoms with Crippen molar-refractivity contribution >= 4 is 21.4 Å². The maximum Gasteiger partial charge on any atom is 0.196 e. The molecule has 0 radical (unpaired) electrons. The molecule has 3 heteroatoms. The Morgan fingerprint density at radius 3 is 2.40 bits per heavy atom. The summed E-state index contributed by atoms with van der Waals surface area (Å²) in [4.78, 5) is 13.7. The molecule has 0 saturated carbocycles. The summed E-state index contributed by atoms with van der Waals surface area (Å²) in [5, 5.41) is 0.786. The van der Waals surface area contributed by atoms with Gasteiger partial charge in [0.1, 0.15) is 5.75 Å². The van der Waals surface area contributed by atoms with E-state index < -0.39 is 0 Å². The number of hydrogen-bond acceptors (Lipinski definition) is 3. The zero-order valence-electron chi connectivity index (χ0n) is 11.3. The van der Waals surface area contributed by atoms with Gasteiger partial charge in [-0.2, -0.15) is 0 Å². The highest BCUT2D eigenvalue weighted by atomic mass is 32.1. The van der Waals surface area contributed by atoms with Crippen LogP contribution in [0.2, 0.25) is 0 Å². The van der Waals surface area contributed by atoms with Crippen LogP contribution >= 0.6 is 11.3 Å². The van der Waals surface area contributed by atoms with Crippen LogP contribution in [0, 0.1) is 6.92 Å². The van der Waals surface area contributed by atoms with Crippen molar-refractivity contribution in [1.29, 1.82) is 0 Å². The summed E-state index contributed by atoms with van der Waals surface area (Å²) in [6.07, 6.45) is 0. The normalized spacial score (nSPS) is 10.7. The van der Waals surface area contributed by atoms with Gasteiger partial charge in [-0.15, -0.1) is 11.3 Å². The summed E-state index contributed by atoms with van der Waals surface area (Å²) in [5.41, 5.74) is 1.83. The quantitative estimate of drug-likeness (QED) is 0.702. The molecule has 2 nitrogen and oxygen atoms in total. The maximum atomic E-state index is 12.7. The van der Waals surface area contributed by atoms with E-state index in [2.05, 4.69) is 0 Å². The van der Waals surface area contributed by atoms with Gasteiger partial charge < -0.3 is 4.74 Å². The molecular weight excluding hydrogens is 268 g/mol. The van der Waals surface area contributed by atoms with E-state index in [9.17, 15) is 4.79 Å². The summed E-state index contributed by atoms with van der Waals surface area (Å²) < 4.78 is 6.19. The third-order valence-corrected chi connectivity index (χ3v) is 4.44. The fourth-order valence-corrected chi connectivity index (χ4v) is 3.41. The van der Waals surface area contributed by atoms with Gasteiger partial charge in [0.2, 0.25) is 0 Å². The second-order valence-electron chi connectivity index (χ2n) is 4.59. The fraction of sp³-hybridized carbons (Fsp3) is 0.118. The summed E-state index contributed by atoms with van der Waals surface area (Å²) in [7, 11) is 1.64. The van der Waals surface area contributed by atoms with Crippen molar-refractivity contribution in [2.75, 3.05) is 7.11 Å². The Hall–Kier alpha value is -2.13. The van der Waals surface area contributed by atoms with E-state index in [0.717, 1.165) is 31.8 Å². The number of fused-ring (bicyclic) bond motifs is 1. The predicted octanol–water partition coefficient (Wildman–Crippen LogP) is 4.25. The maximum absolute atomic E-state index is 12.7. The molecule has 0 aliphatic heterocycles. The summed E-state index contributed by atoms with van der Waals surface area (Å²) in [5.74, 6) is 0.795. The number of methoxy groups -OCH3 is 1. The van der Waals surface area contributed by atoms with Gasteiger partial charge >= 0.3 is 0 Å². The molecule has 0 saturated heterocycles. The molecule has 0 atom stereocenters. The zero-order valence-corrected chi connectivity index (χ0v) is 12.2. The number of benzene rings is 2. The Bertz CT molecular complexity index is 817. The van der Waals surface area contributed by atoms with Gasteiger partial charge in [0.25, 0.3) is 0 Å². The van der Waals surface area contributed by atoms with Crippen molar-refractivity contribution < 1.29 is 4.74 Å². The molecule has 0 bridgehead atoms. The van der Waals surface area contributed by atoms with Crippen molar-refractivity contribution in [3.8, 4) is 16.9 Å². The summed E-state index contributed by atoms with van der Waals surface area (Å²) in [6.45, 7) is 2.00. The van der Waals surface area contributed by atoms with E-state index in [1.165, 1.54) is 0 Å². The van der Waals surface area contributed by atoms with Crippen LogP contribution < -0.4 is 10.2 Å². The third-order valence-electron chi connectivity index (χ3n) is 3.35. The Morgan fingerprint density at radius 2 is 1.70 bits per heavy atom. The molecule has 0 unspecified atom stereocenters. The second-order valence-corrected chi connectivity index (χ2v) is 5.84. The van der Waals surface area contributed by atoms with E-state index in [4.69, 9.17) is 4.74 Å². The standard InChI is InChI=1S/C17H14O2S/c1-11-16(12-7-9-13(19-2)10-8-12)17(18)14-5-3-4-6-15(14)20-11/h3-10H,1-2H3. The highest BCUT2D eigenvalue weighted by Gasteiger charge is 2.11. The van der Waals surface area contributed by atoms with Crippen molar-refractivity contribution in [2.45, 2.75) is 6.92 Å². The lowest BCUT2D eigenvalue weighted by molar-refractivity contribution is 0.415. The van der Waals surface area contributed by atoms with Gasteiger partial charge in [0.15, 0.2) is 5.43 Å². The van der Waals surface area contributed by atoms with E-state index >= 15 is 0 Å². The van der Waals surface area contributed by atoms with Crippen LogP contribution in [0.4, 0.5) is 0 Å². The van der Waals surface area contributed by atoms with Gasteiger partial charge in [-0.1, -0.05) is 24.3 Å². The lowest BCUT2D eigenvalue weighted by Gasteiger charge is -2.07. The van der Waals surface area contributed by atoms with E-state index in [-0.39, 0.29) is 5.43 Å². The Labute approximate surface area is 121 Å². The second kappa shape index (κ2) is 5.10. The van der Waals surface area contributed by atoms with Crippen molar-refractivity contribution in [3.05, 3.63) is 63.6 Å². The van der Waals surface area contributed by atoms with Crippen LogP contribution in [-0.4, -0.2) is 7.11 Å². The fourth-order valence-electron chi connectivity index (χ4n) is 2.35. The van der Waals surface area contributed by atoms with Crippen LogP contribution in [0.5, 0.6) is 5.75 Å². The summed E-state index contributed by atoms with van der Waals surface area (Å²) >= 11 is 1.66. The van der Waals surface area contributed by atoms with Crippen LogP contribution in [0.15, 0.2) is 53.3 Å². The van der Waals surface area contributed by atoms with Gasteiger partial charge in [-0.3, -0.25) is 4.79 Å². The lowest BCUT2D eigenvalue weighted by Crippen LogP contribution is -2.06. The van der Waals surface area contributed by atoms with E-state index in [1.54, 1.807) is 18.4 Å². The monoisotopic (exact) mass is 282 g/mol. The Morgan fingerprint density at radius 1 is 1.00 bits per heavy atom. The predicted molar refractivity (Wildman–Crippen MR) is 84.8 cm³/mol. The molecule has 0 N–H and O–H groups in total. The van der Waals surface area contributed by atoms with Crippen molar-refractivity contribution in [3.63, 3.8) is 0 Å². The first-order valence-corrected chi connectivity index (χ1v) is 7.19. The highest BCUT2D eigenvalue weighted by Crippen LogP contribution is 2.29. The van der Waals surface area contributed by atoms with Gasteiger partial charge in [0.05, 0.1) is 7.11 Å². The smallest absolute Gasteiger partial charge is 0.196 e. The SMILES string of the molecule is COc1ccc(-c2c(C)sc3ccccc3c2=O)cc1. The van der Waals surface area contributed by atoms with E-state index in [1.807, 2.05) is 55.5 Å². The first-order chi connectivity index (χ1) is 9.70. The molecule has 0 aliphatic rings. The minimum absolute atomic E-state index is 0.0991. The highest BCUT2D eigenvalue weighted by molar-refractivity contribution is 7.18. The molecule has 1 heterocycles. The number of rotatable bonds is 2. The minimum Gasteiger partial charge on any atom is -0.497 e. The number of aryl methyl sites for hydroxylation is 1. The molecule has 2 aromatic carbocycles. The van der Waals surface area contributed by atoms with Gasteiger partial charge in [-0.25, -0.2) is 0 Å². The van der Waals surface area contributed by atoms with Crippen molar-refractivity contribution in [2.24, 2.45) is 0 Å². The molecule has 0 fully saturated rings. The van der Waals surface area contributed by atoms with Crippen LogP contribution in [0.25, 0.3) is 21.2 Å². The topological polar surface area (TPSA) is 26.3 Å². The third kappa shape index (κ3) is 2.10. The van der Waals surface area contributed by atoms with Gasteiger partial charge in [0, 0.05) is 20.5 Å². The molecule has 0 amide bonds. The Balaban J connectivity index is 2.27. The molecule has 0 aliphatic carbocycles. The van der Waals surface area contributed by atoms with Crippen molar-refractivity contribution in [1.82, 2.24) is 0 Å². The molecular formula is C17H14O2S. The van der Waals surface area contributed by atoms with Crippen LogP contribution in [0.1, 0.15) is 4.88 Å². The van der Waals surface area contributed by atoms with Crippen LogP contribution in [-0.2, 0) is 0 Å². The number of hydrogen-bond donors (Lipinski definition) is 0. The average molecular weight is 282 g/mol. The largest absolute Gasteiger partial charge is 0.497 e. The van der Waals surface area contributed by atoms with E-state index in [0.29, 0.717) is 0 Å². The zero-order chi connectivity index (χ0) is 14.1. The Kier molecular flexibility index (Phi) is 3.28. The first kappa shape index (κ1) is 12.9. The molecule has 3 rings (SSSR count). The molecule has 1 aromatic heterocycles.